The van der Waals surface area contributed by atoms with E-state index in [2.05, 4.69) is 0 Å². The maximum atomic E-state index is 0. The van der Waals surface area contributed by atoms with Gasteiger partial charge in [0.05, 0.1) is 0 Å². The van der Waals surface area contributed by atoms with Crippen molar-refractivity contribution in [2.75, 3.05) is 0 Å². The Morgan fingerprint density at radius 2 is 1.00 bits per heavy atom. The molecule has 0 aromatic carbocycles. The SMILES string of the molecule is [CaH2].[MgH2].[Mn].[Ni]. The summed E-state index contributed by atoms with van der Waals surface area (Å²) in [5.41, 5.74) is 0. The summed E-state index contributed by atoms with van der Waals surface area (Å²) < 4.78 is 0. The minimum Gasteiger partial charge on any atom is 0 e. The molecular formula is H4CaMgMnNi. The van der Waals surface area contributed by atoms with Crippen molar-refractivity contribution in [1.82, 2.24) is 0 Å². The molecular weight excluding hydrogens is 178 g/mol. The van der Waals surface area contributed by atoms with E-state index in [-0.39, 0.29) is 94.4 Å². The molecule has 0 aromatic heterocycles. The predicted octanol–water partition coefficient (Wildman–Crippen LogP) is -1.84. The molecule has 25 valence electrons. The van der Waals surface area contributed by atoms with Crippen molar-refractivity contribution in [1.29, 1.82) is 0 Å². The van der Waals surface area contributed by atoms with Gasteiger partial charge in [0.2, 0.25) is 0 Å². The van der Waals surface area contributed by atoms with E-state index < -0.39 is 0 Å². The normalized spacial score (nSPS) is 0. The van der Waals surface area contributed by atoms with Gasteiger partial charge in [0.25, 0.3) is 0 Å². The molecule has 1 radical (unpaired) electrons. The first-order valence-electron chi connectivity index (χ1n) is 0. The van der Waals surface area contributed by atoms with Crippen LogP contribution in [0.3, 0.4) is 0 Å². The van der Waals surface area contributed by atoms with Gasteiger partial charge >= 0.3 is 60.8 Å². The van der Waals surface area contributed by atoms with Gasteiger partial charge in [-0.3, -0.25) is 0 Å². The average molecular weight is 182 g/mol. The summed E-state index contributed by atoms with van der Waals surface area (Å²) in [7, 11) is 0. The van der Waals surface area contributed by atoms with Crippen LogP contribution in [0.15, 0.2) is 0 Å². The molecule has 0 aromatic rings. The van der Waals surface area contributed by atoms with E-state index in [9.17, 15) is 0 Å². The quantitative estimate of drug-likeness (QED) is 0.386. The Morgan fingerprint density at radius 1 is 1.00 bits per heavy atom. The van der Waals surface area contributed by atoms with E-state index in [1.165, 1.54) is 0 Å². The van der Waals surface area contributed by atoms with Crippen LogP contribution >= 0.6 is 0 Å². The third-order valence-corrected chi connectivity index (χ3v) is 0. The van der Waals surface area contributed by atoms with E-state index in [0.29, 0.717) is 0 Å². The second kappa shape index (κ2) is 16.6. The molecule has 0 unspecified atom stereocenters. The molecule has 0 rings (SSSR count). The van der Waals surface area contributed by atoms with E-state index in [1.54, 1.807) is 0 Å². The van der Waals surface area contributed by atoms with Crippen molar-refractivity contribution in [3.63, 3.8) is 0 Å². The van der Waals surface area contributed by atoms with Crippen molar-refractivity contribution in [3.05, 3.63) is 0 Å². The van der Waals surface area contributed by atoms with Crippen molar-refractivity contribution in [3.8, 4) is 0 Å². The summed E-state index contributed by atoms with van der Waals surface area (Å²) in [4.78, 5) is 0. The Hall–Kier alpha value is 3.04. The monoisotopic (exact) mass is 181 g/mol. The van der Waals surface area contributed by atoms with Crippen LogP contribution in [0.5, 0.6) is 0 Å². The molecule has 0 bridgehead atoms. The number of rotatable bonds is 0. The van der Waals surface area contributed by atoms with Gasteiger partial charge in [-0.05, 0) is 0 Å². The molecule has 0 atom stereocenters. The summed E-state index contributed by atoms with van der Waals surface area (Å²) in [6, 6.07) is 0. The van der Waals surface area contributed by atoms with Gasteiger partial charge in [-0.15, -0.1) is 0 Å². The van der Waals surface area contributed by atoms with Crippen LogP contribution in [-0.2, 0) is 33.6 Å². The molecule has 0 aliphatic heterocycles. The van der Waals surface area contributed by atoms with Crippen LogP contribution in [0.25, 0.3) is 0 Å². The molecule has 0 nitrogen and oxygen atoms in total. The standard InChI is InChI=1S/Ca.Mg.Mn.Ni.4H. The summed E-state index contributed by atoms with van der Waals surface area (Å²) >= 11 is 0. The third kappa shape index (κ3) is 8.90. The first kappa shape index (κ1) is 27.8. The predicted molar refractivity (Wildman–Crippen MR) is 17.1 cm³/mol. The van der Waals surface area contributed by atoms with E-state index in [0.717, 1.165) is 0 Å². The van der Waals surface area contributed by atoms with Gasteiger partial charge in [-0.2, -0.15) is 0 Å². The molecule has 0 heterocycles. The summed E-state index contributed by atoms with van der Waals surface area (Å²) in [5.74, 6) is 0. The smallest absolute Gasteiger partial charge is 0 e. The van der Waals surface area contributed by atoms with Crippen LogP contribution in [0.2, 0.25) is 0 Å². The van der Waals surface area contributed by atoms with E-state index in [4.69, 9.17) is 0 Å². The summed E-state index contributed by atoms with van der Waals surface area (Å²) in [6.45, 7) is 0. The second-order valence-corrected chi connectivity index (χ2v) is 0. The molecule has 0 spiro atoms. The van der Waals surface area contributed by atoms with Crippen molar-refractivity contribution in [2.45, 2.75) is 0 Å². The molecule has 0 amide bonds. The molecule has 4 heteroatoms. The number of hydrogen-bond donors (Lipinski definition) is 0. The zero-order chi connectivity index (χ0) is 0. The fraction of sp³-hybridized carbons (Fsp3) is 0. The largest absolute Gasteiger partial charge is 0.316 e. The topological polar surface area (TPSA) is 0 Å². The first-order chi connectivity index (χ1) is 0. The number of hydrogen-bond acceptors (Lipinski definition) is 0. The Labute approximate surface area is 92.4 Å². The van der Waals surface area contributed by atoms with Gasteiger partial charge in [-0.25, -0.2) is 0 Å². The van der Waals surface area contributed by atoms with Crippen LogP contribution in [0, 0.1) is 0 Å². The van der Waals surface area contributed by atoms with E-state index >= 15 is 0 Å². The Morgan fingerprint density at radius 3 is 1.00 bits per heavy atom. The van der Waals surface area contributed by atoms with Gasteiger partial charge in [0, 0.05) is 33.6 Å². The summed E-state index contributed by atoms with van der Waals surface area (Å²) in [5, 5.41) is 0. The maximum absolute atomic E-state index is 0. The maximum Gasteiger partial charge on any atom is 0.316 e. The molecule has 0 aliphatic rings. The van der Waals surface area contributed by atoms with Crippen molar-refractivity contribution < 1.29 is 33.6 Å². The van der Waals surface area contributed by atoms with Crippen LogP contribution < -0.4 is 0 Å². The minimum atomic E-state index is 0. The molecule has 0 fully saturated rings. The second-order valence-electron chi connectivity index (χ2n) is 0. The van der Waals surface area contributed by atoms with Crippen molar-refractivity contribution >= 4 is 60.8 Å². The third-order valence-electron chi connectivity index (χ3n) is 0. The molecule has 0 aliphatic carbocycles. The molecule has 0 saturated carbocycles. The minimum absolute atomic E-state index is 0. The zero-order valence-electron chi connectivity index (χ0n) is 0.694. The van der Waals surface area contributed by atoms with Crippen LogP contribution in [0.1, 0.15) is 0 Å². The van der Waals surface area contributed by atoms with Crippen LogP contribution in [0.4, 0.5) is 0 Å². The Bertz CT molecular complexity index is 8.00. The average Bonchev–Trinajstić information content (AvgIpc) is 0. The van der Waals surface area contributed by atoms with Crippen LogP contribution in [-0.4, -0.2) is 60.8 Å². The summed E-state index contributed by atoms with van der Waals surface area (Å²) in [6.07, 6.45) is 0. The first-order valence-corrected chi connectivity index (χ1v) is 0. The van der Waals surface area contributed by atoms with E-state index in [1.807, 2.05) is 0 Å². The molecule has 0 saturated heterocycles. The fourth-order valence-corrected chi connectivity index (χ4v) is 0. The van der Waals surface area contributed by atoms with Gasteiger partial charge in [0.15, 0.2) is 0 Å². The Kier molecular flexibility index (Phi) is 115. The zero-order valence-corrected chi connectivity index (χ0v) is 2.86. The fourth-order valence-electron chi connectivity index (χ4n) is 0. The Balaban J connectivity index is 0. The van der Waals surface area contributed by atoms with Gasteiger partial charge in [0.1, 0.15) is 0 Å². The molecule has 0 N–H and O–H groups in total. The van der Waals surface area contributed by atoms with Gasteiger partial charge < -0.3 is 0 Å². The van der Waals surface area contributed by atoms with Crippen molar-refractivity contribution in [2.24, 2.45) is 0 Å². The molecule has 4 heavy (non-hydrogen) atoms. The van der Waals surface area contributed by atoms with Gasteiger partial charge in [-0.1, -0.05) is 0 Å².